The maximum Gasteiger partial charge on any atom is 0.303 e. The lowest BCUT2D eigenvalue weighted by Crippen LogP contribution is -2.11. The van der Waals surface area contributed by atoms with E-state index in [0.717, 1.165) is 11.3 Å². The zero-order chi connectivity index (χ0) is 9.97. The number of nitrogens with one attached hydrogen (secondary N) is 1. The molecule has 0 spiro atoms. The summed E-state index contributed by atoms with van der Waals surface area (Å²) in [4.78, 5) is 10.4. The van der Waals surface area contributed by atoms with Crippen LogP contribution in [0.3, 0.4) is 0 Å². The third-order valence-electron chi connectivity index (χ3n) is 2.87. The second kappa shape index (κ2) is 3.82. The zero-order valence-corrected chi connectivity index (χ0v) is 7.99. The first-order chi connectivity index (χ1) is 6.77. The molecule has 1 aromatic rings. The molecule has 0 aliphatic heterocycles. The lowest BCUT2D eigenvalue weighted by Gasteiger charge is -2.25. The molecule has 0 amide bonds. The third-order valence-corrected chi connectivity index (χ3v) is 2.87. The highest BCUT2D eigenvalue weighted by Gasteiger charge is 2.23. The van der Waals surface area contributed by atoms with Crippen molar-refractivity contribution >= 4 is 5.97 Å². The smallest absolute Gasteiger partial charge is 0.303 e. The Morgan fingerprint density at radius 3 is 3.00 bits per heavy atom. The van der Waals surface area contributed by atoms with Crippen LogP contribution in [0.5, 0.6) is 0 Å². The van der Waals surface area contributed by atoms with E-state index in [1.807, 2.05) is 0 Å². The van der Waals surface area contributed by atoms with Crippen LogP contribution in [0.15, 0.2) is 6.20 Å². The number of aliphatic carboxylic acids is 1. The summed E-state index contributed by atoms with van der Waals surface area (Å²) < 4.78 is 0. The van der Waals surface area contributed by atoms with Crippen molar-refractivity contribution in [2.24, 2.45) is 0 Å². The topological polar surface area (TPSA) is 66.0 Å². The second-order valence-corrected chi connectivity index (χ2v) is 3.83. The number of aryl methyl sites for hydroxylation is 1. The van der Waals surface area contributed by atoms with E-state index in [9.17, 15) is 4.79 Å². The van der Waals surface area contributed by atoms with Crippen molar-refractivity contribution in [2.45, 2.75) is 38.0 Å². The molecule has 1 aliphatic carbocycles. The Hall–Kier alpha value is -1.32. The highest BCUT2D eigenvalue weighted by Crippen LogP contribution is 2.36. The molecular weight excluding hydrogens is 180 g/mol. The summed E-state index contributed by atoms with van der Waals surface area (Å²) in [7, 11) is 0. The third kappa shape index (κ3) is 1.78. The molecule has 1 saturated carbocycles. The van der Waals surface area contributed by atoms with Gasteiger partial charge in [0.25, 0.3) is 0 Å². The fourth-order valence-corrected chi connectivity index (χ4v) is 1.81. The SMILES string of the molecule is O=C(O)CCc1cn[nH]c1C1CCC1. The lowest BCUT2D eigenvalue weighted by molar-refractivity contribution is -0.136. The van der Waals surface area contributed by atoms with E-state index in [4.69, 9.17) is 5.11 Å². The summed E-state index contributed by atoms with van der Waals surface area (Å²) in [5, 5.41) is 15.6. The molecule has 2 N–H and O–H groups in total. The number of aromatic amines is 1. The van der Waals surface area contributed by atoms with E-state index >= 15 is 0 Å². The molecule has 0 unspecified atom stereocenters. The number of rotatable bonds is 4. The molecule has 0 atom stereocenters. The van der Waals surface area contributed by atoms with Gasteiger partial charge in [-0.05, 0) is 24.8 Å². The molecule has 4 nitrogen and oxygen atoms in total. The van der Waals surface area contributed by atoms with Crippen LogP contribution < -0.4 is 0 Å². The fraction of sp³-hybridized carbons (Fsp3) is 0.600. The summed E-state index contributed by atoms with van der Waals surface area (Å²) in [5.74, 6) is -0.146. The molecule has 0 saturated heterocycles. The molecule has 2 rings (SSSR count). The molecule has 14 heavy (non-hydrogen) atoms. The normalized spacial score (nSPS) is 16.6. The van der Waals surface area contributed by atoms with Crippen molar-refractivity contribution in [3.05, 3.63) is 17.5 Å². The van der Waals surface area contributed by atoms with Crippen LogP contribution in [0.2, 0.25) is 0 Å². The molecule has 0 radical (unpaired) electrons. The van der Waals surface area contributed by atoms with E-state index in [0.29, 0.717) is 12.3 Å². The summed E-state index contributed by atoms with van der Waals surface area (Å²) >= 11 is 0. The molecule has 76 valence electrons. The lowest BCUT2D eigenvalue weighted by atomic mass is 9.81. The second-order valence-electron chi connectivity index (χ2n) is 3.83. The monoisotopic (exact) mass is 194 g/mol. The van der Waals surface area contributed by atoms with Gasteiger partial charge >= 0.3 is 5.97 Å². The van der Waals surface area contributed by atoms with E-state index < -0.39 is 5.97 Å². The van der Waals surface area contributed by atoms with Crippen LogP contribution in [0, 0.1) is 0 Å². The van der Waals surface area contributed by atoms with Crippen LogP contribution >= 0.6 is 0 Å². The van der Waals surface area contributed by atoms with Gasteiger partial charge in [-0.3, -0.25) is 9.89 Å². The number of hydrogen-bond acceptors (Lipinski definition) is 2. The Morgan fingerprint density at radius 1 is 1.64 bits per heavy atom. The molecule has 0 bridgehead atoms. The first kappa shape index (κ1) is 9.24. The number of carboxylic acid groups (broad SMARTS) is 1. The fourth-order valence-electron chi connectivity index (χ4n) is 1.81. The molecule has 0 aromatic carbocycles. The predicted octanol–water partition coefficient (Wildman–Crippen LogP) is 1.69. The van der Waals surface area contributed by atoms with E-state index in [2.05, 4.69) is 10.2 Å². The minimum atomic E-state index is -0.745. The molecule has 1 heterocycles. The van der Waals surface area contributed by atoms with Gasteiger partial charge in [-0.15, -0.1) is 0 Å². The number of H-pyrrole nitrogens is 1. The van der Waals surface area contributed by atoms with Crippen LogP contribution in [-0.2, 0) is 11.2 Å². The van der Waals surface area contributed by atoms with E-state index in [1.54, 1.807) is 6.20 Å². The number of aromatic nitrogens is 2. The highest BCUT2D eigenvalue weighted by molar-refractivity contribution is 5.67. The Balaban J connectivity index is 2.01. The van der Waals surface area contributed by atoms with Gasteiger partial charge in [0.15, 0.2) is 0 Å². The Labute approximate surface area is 82.3 Å². The van der Waals surface area contributed by atoms with Crippen molar-refractivity contribution in [1.29, 1.82) is 0 Å². The average molecular weight is 194 g/mol. The number of nitrogens with zero attached hydrogens (tertiary/aromatic N) is 1. The van der Waals surface area contributed by atoms with E-state index in [-0.39, 0.29) is 6.42 Å². The van der Waals surface area contributed by atoms with Crippen LogP contribution in [0.25, 0.3) is 0 Å². The Kier molecular flexibility index (Phi) is 2.52. The average Bonchev–Trinajstić information content (AvgIpc) is 2.46. The minimum Gasteiger partial charge on any atom is -0.481 e. The first-order valence-corrected chi connectivity index (χ1v) is 5.01. The van der Waals surface area contributed by atoms with Gasteiger partial charge in [0.2, 0.25) is 0 Å². The van der Waals surface area contributed by atoms with Gasteiger partial charge in [0, 0.05) is 18.0 Å². The standard InChI is InChI=1S/C10H14N2O2/c13-9(14)5-4-8-6-11-12-10(8)7-2-1-3-7/h6-7H,1-5H2,(H,11,12)(H,13,14). The maximum absolute atomic E-state index is 10.4. The largest absolute Gasteiger partial charge is 0.481 e. The van der Waals surface area contributed by atoms with Crippen LogP contribution in [0.1, 0.15) is 42.9 Å². The van der Waals surface area contributed by atoms with Crippen molar-refractivity contribution in [3.8, 4) is 0 Å². The van der Waals surface area contributed by atoms with Crippen LogP contribution in [0.4, 0.5) is 0 Å². The molecular formula is C10H14N2O2. The van der Waals surface area contributed by atoms with Crippen molar-refractivity contribution < 1.29 is 9.90 Å². The summed E-state index contributed by atoms with van der Waals surface area (Å²) in [6, 6.07) is 0. The quantitative estimate of drug-likeness (QED) is 0.766. The zero-order valence-electron chi connectivity index (χ0n) is 7.99. The summed E-state index contributed by atoms with van der Waals surface area (Å²) in [5.41, 5.74) is 2.25. The first-order valence-electron chi connectivity index (χ1n) is 5.01. The van der Waals surface area contributed by atoms with Gasteiger partial charge in [-0.2, -0.15) is 5.10 Å². The molecule has 1 fully saturated rings. The van der Waals surface area contributed by atoms with Gasteiger partial charge in [0.1, 0.15) is 0 Å². The Bertz CT molecular complexity index is 329. The number of carbonyl (C=O) groups is 1. The van der Waals surface area contributed by atoms with E-state index in [1.165, 1.54) is 19.3 Å². The molecule has 4 heteroatoms. The molecule has 1 aromatic heterocycles. The highest BCUT2D eigenvalue weighted by atomic mass is 16.4. The molecule has 1 aliphatic rings. The van der Waals surface area contributed by atoms with Crippen LogP contribution in [-0.4, -0.2) is 21.3 Å². The van der Waals surface area contributed by atoms with Gasteiger partial charge in [0.05, 0.1) is 6.20 Å². The van der Waals surface area contributed by atoms with Gasteiger partial charge in [-0.1, -0.05) is 6.42 Å². The summed E-state index contributed by atoms with van der Waals surface area (Å²) in [6.07, 6.45) is 6.25. The Morgan fingerprint density at radius 2 is 2.43 bits per heavy atom. The summed E-state index contributed by atoms with van der Waals surface area (Å²) in [6.45, 7) is 0. The van der Waals surface area contributed by atoms with Crippen molar-refractivity contribution in [2.75, 3.05) is 0 Å². The number of carboxylic acids is 1. The number of hydrogen-bond donors (Lipinski definition) is 2. The van der Waals surface area contributed by atoms with Gasteiger partial charge in [-0.25, -0.2) is 0 Å². The minimum absolute atomic E-state index is 0.194. The van der Waals surface area contributed by atoms with Crippen molar-refractivity contribution in [3.63, 3.8) is 0 Å². The van der Waals surface area contributed by atoms with Crippen molar-refractivity contribution in [1.82, 2.24) is 10.2 Å². The predicted molar refractivity (Wildman–Crippen MR) is 51.1 cm³/mol. The van der Waals surface area contributed by atoms with Gasteiger partial charge < -0.3 is 5.11 Å². The maximum atomic E-state index is 10.4.